The van der Waals surface area contributed by atoms with Crippen LogP contribution in [0.2, 0.25) is 0 Å². The molecule has 0 fully saturated rings. The summed E-state index contributed by atoms with van der Waals surface area (Å²) in [6.45, 7) is 6.66. The van der Waals surface area contributed by atoms with Gasteiger partial charge in [0.25, 0.3) is 0 Å². The van der Waals surface area contributed by atoms with Crippen LogP contribution in [0.15, 0.2) is 92.0 Å². The van der Waals surface area contributed by atoms with Crippen molar-refractivity contribution in [3.05, 3.63) is 147 Å². The van der Waals surface area contributed by atoms with Crippen LogP contribution in [0.4, 0.5) is 0 Å². The summed E-state index contributed by atoms with van der Waals surface area (Å²) >= 11 is 0. The van der Waals surface area contributed by atoms with Gasteiger partial charge in [0.15, 0.2) is 22.4 Å². The smallest absolute Gasteiger partial charge is 0.229 e. The van der Waals surface area contributed by atoms with E-state index in [1.54, 1.807) is 0 Å². The molecule has 8 nitrogen and oxygen atoms in total. The van der Waals surface area contributed by atoms with Crippen molar-refractivity contribution < 1.29 is 20.4 Å². The van der Waals surface area contributed by atoms with Crippen LogP contribution in [0, 0.1) is 13.8 Å². The molecule has 0 aliphatic heterocycles. The number of benzene rings is 6. The summed E-state index contributed by atoms with van der Waals surface area (Å²) in [6.07, 6.45) is 0.240. The molecule has 0 amide bonds. The minimum absolute atomic E-state index is 0.0366. The Morgan fingerprint density at radius 2 is 1.10 bits per heavy atom. The zero-order chi connectivity index (χ0) is 34.6. The Balaban J connectivity index is 1.60. The number of phenolic OH excluding ortho intramolecular Hbond substituents is 4. The molecule has 0 heterocycles. The third-order valence-electron chi connectivity index (χ3n) is 9.61. The third-order valence-corrected chi connectivity index (χ3v) is 9.61. The van der Waals surface area contributed by atoms with Gasteiger partial charge in [-0.2, -0.15) is 0 Å². The predicted molar refractivity (Wildman–Crippen MR) is 187 cm³/mol. The van der Waals surface area contributed by atoms with Crippen LogP contribution in [0.3, 0.4) is 0 Å². The van der Waals surface area contributed by atoms with E-state index >= 15 is 0 Å². The molecule has 242 valence electrons. The van der Waals surface area contributed by atoms with Crippen molar-refractivity contribution >= 4 is 10.8 Å². The maximum atomic E-state index is 14.3. The lowest BCUT2D eigenvalue weighted by molar-refractivity contribution is 0.398. The molecule has 2 unspecified atom stereocenters. The molecular formula is C40H34O8. The average Bonchev–Trinajstić information content (AvgIpc) is 3.08. The number of rotatable bonds is 7. The van der Waals surface area contributed by atoms with Crippen LogP contribution in [-0.2, 0) is 12.8 Å². The summed E-state index contributed by atoms with van der Waals surface area (Å²) in [6, 6.07) is 20.7. The van der Waals surface area contributed by atoms with Crippen LogP contribution < -0.4 is 21.7 Å². The molecule has 4 aromatic rings. The van der Waals surface area contributed by atoms with E-state index in [0.29, 0.717) is 0 Å². The van der Waals surface area contributed by atoms with Gasteiger partial charge in [0.05, 0.1) is 0 Å². The number of phenols is 4. The molecule has 4 aromatic carbocycles. The first-order chi connectivity index (χ1) is 22.8. The number of hydrogen-bond donors (Lipinski definition) is 4. The molecule has 6 rings (SSSR count). The lowest BCUT2D eigenvalue weighted by Crippen LogP contribution is -2.35. The van der Waals surface area contributed by atoms with E-state index in [4.69, 9.17) is 0 Å². The van der Waals surface area contributed by atoms with Crippen molar-refractivity contribution in [2.24, 2.45) is 0 Å². The van der Waals surface area contributed by atoms with Crippen LogP contribution in [0.1, 0.15) is 59.1 Å². The Bertz CT molecular complexity index is 2410. The topological polar surface area (TPSA) is 149 Å². The maximum Gasteiger partial charge on any atom is 0.229 e. The molecule has 0 spiro atoms. The molecule has 0 saturated carbocycles. The molecule has 0 radical (unpaired) electrons. The number of hydrogen-bond acceptors (Lipinski definition) is 8. The first kappa shape index (κ1) is 32.2. The molecule has 2 atom stereocenters. The first-order valence-electron chi connectivity index (χ1n) is 15.7. The van der Waals surface area contributed by atoms with E-state index in [1.807, 2.05) is 74.5 Å². The lowest BCUT2D eigenvalue weighted by Gasteiger charge is -2.21. The van der Waals surface area contributed by atoms with Gasteiger partial charge in [-0.25, -0.2) is 0 Å². The van der Waals surface area contributed by atoms with Crippen molar-refractivity contribution in [1.82, 2.24) is 0 Å². The molecule has 8 heteroatoms. The van der Waals surface area contributed by atoms with E-state index in [9.17, 15) is 39.6 Å². The highest BCUT2D eigenvalue weighted by molar-refractivity contribution is 6.05. The molecule has 2 aliphatic rings. The molecule has 0 saturated heterocycles. The van der Waals surface area contributed by atoms with Gasteiger partial charge in [0.2, 0.25) is 10.9 Å². The quantitative estimate of drug-likeness (QED) is 0.0933. The highest BCUT2D eigenvalue weighted by Crippen LogP contribution is 2.50. The van der Waals surface area contributed by atoms with Gasteiger partial charge >= 0.3 is 0 Å². The van der Waals surface area contributed by atoms with Crippen LogP contribution in [-0.4, -0.2) is 20.4 Å². The van der Waals surface area contributed by atoms with Gasteiger partial charge < -0.3 is 20.4 Å². The van der Waals surface area contributed by atoms with Gasteiger partial charge in [0.1, 0.15) is 11.5 Å². The number of aromatic hydroxyl groups is 4. The largest absolute Gasteiger partial charge is 0.507 e. The highest BCUT2D eigenvalue weighted by Gasteiger charge is 2.31. The summed E-state index contributed by atoms with van der Waals surface area (Å²) in [7, 11) is 0. The van der Waals surface area contributed by atoms with E-state index in [-0.39, 0.29) is 85.7 Å². The van der Waals surface area contributed by atoms with Crippen LogP contribution in [0.25, 0.3) is 33.0 Å². The fourth-order valence-corrected chi connectivity index (χ4v) is 6.94. The van der Waals surface area contributed by atoms with Crippen molar-refractivity contribution in [2.75, 3.05) is 0 Å². The van der Waals surface area contributed by atoms with Crippen molar-refractivity contribution in [3.63, 3.8) is 0 Å². The van der Waals surface area contributed by atoms with Gasteiger partial charge in [0, 0.05) is 61.3 Å². The highest BCUT2D eigenvalue weighted by atomic mass is 16.3. The Hall–Kier alpha value is -5.76. The zero-order valence-corrected chi connectivity index (χ0v) is 26.9. The van der Waals surface area contributed by atoms with Crippen molar-refractivity contribution in [2.45, 2.75) is 52.4 Å². The van der Waals surface area contributed by atoms with Crippen molar-refractivity contribution in [3.8, 4) is 45.3 Å². The molecule has 2 aliphatic carbocycles. The fraction of sp³-hybridized carbons (Fsp3) is 0.200. The Morgan fingerprint density at radius 3 is 1.67 bits per heavy atom. The minimum Gasteiger partial charge on any atom is -0.507 e. The van der Waals surface area contributed by atoms with Gasteiger partial charge in [-0.1, -0.05) is 74.5 Å². The van der Waals surface area contributed by atoms with E-state index in [0.717, 1.165) is 23.3 Å². The maximum absolute atomic E-state index is 14.3. The summed E-state index contributed by atoms with van der Waals surface area (Å²) < 4.78 is 0. The molecular weight excluding hydrogens is 608 g/mol. The fourth-order valence-electron chi connectivity index (χ4n) is 6.94. The Labute approximate surface area is 275 Å². The standard InChI is InChI=1S/C40H34O8/c1-19(23-11-7-5-8-12-23)15-25-33-27(17-29(41)37(25)45)39(47)31(21(3)35(33)43)32-22(4)36(44)34-26(16-20(2)24-13-9-6-10-14-24)38(46)30(42)18-28(34)40(32)48/h5-14,17-20,41,43,45,47H,15-16H2,1-4H3. The first-order valence-corrected chi connectivity index (χ1v) is 15.7. The monoisotopic (exact) mass is 642 g/mol. The van der Waals surface area contributed by atoms with E-state index in [2.05, 4.69) is 0 Å². The SMILES string of the molecule is Cc1c(-c2c(C)c(=O)c3c(CC(C)c4ccccc4)c(=O)c(=O)cc-3c2=O)c(O)c2cc(O)c(O)c(CC(C)c3ccccc3)c2c1O. The summed E-state index contributed by atoms with van der Waals surface area (Å²) in [5.41, 5.74) is -1.94. The van der Waals surface area contributed by atoms with Gasteiger partial charge in [-0.15, -0.1) is 0 Å². The van der Waals surface area contributed by atoms with Gasteiger partial charge in [-0.05, 0) is 55.7 Å². The Kier molecular flexibility index (Phi) is 8.13. The third kappa shape index (κ3) is 5.10. The summed E-state index contributed by atoms with van der Waals surface area (Å²) in [4.78, 5) is 54.4. The van der Waals surface area contributed by atoms with Crippen LogP contribution in [0.5, 0.6) is 23.0 Å². The second-order valence-corrected chi connectivity index (χ2v) is 12.6. The summed E-state index contributed by atoms with van der Waals surface area (Å²) in [5.74, 6) is -2.25. The average molecular weight is 643 g/mol. The van der Waals surface area contributed by atoms with E-state index < -0.39 is 39.0 Å². The second kappa shape index (κ2) is 12.1. The molecule has 48 heavy (non-hydrogen) atoms. The van der Waals surface area contributed by atoms with Crippen LogP contribution >= 0.6 is 0 Å². The van der Waals surface area contributed by atoms with Crippen molar-refractivity contribution in [1.29, 1.82) is 0 Å². The minimum atomic E-state index is -0.927. The molecule has 0 aromatic heterocycles. The Morgan fingerprint density at radius 1 is 0.562 bits per heavy atom. The second-order valence-electron chi connectivity index (χ2n) is 12.6. The lowest BCUT2D eigenvalue weighted by atomic mass is 9.82. The normalized spacial score (nSPS) is 12.8. The predicted octanol–water partition coefficient (Wildman–Crippen LogP) is 6.06. The molecule has 0 bridgehead atoms. The van der Waals surface area contributed by atoms with E-state index in [1.165, 1.54) is 13.8 Å². The number of fused-ring (bicyclic) bond motifs is 2. The van der Waals surface area contributed by atoms with Gasteiger partial charge in [-0.3, -0.25) is 19.2 Å². The zero-order valence-electron chi connectivity index (χ0n) is 26.9. The molecule has 4 N–H and O–H groups in total. The summed E-state index contributed by atoms with van der Waals surface area (Å²) in [5, 5.41) is 45.1.